The zero-order valence-corrected chi connectivity index (χ0v) is 19.8. The highest BCUT2D eigenvalue weighted by Crippen LogP contribution is 2.40. The summed E-state index contributed by atoms with van der Waals surface area (Å²) < 4.78 is 0. The van der Waals surface area contributed by atoms with Gasteiger partial charge in [-0.15, -0.1) is 0 Å². The van der Waals surface area contributed by atoms with Crippen LogP contribution in [0.4, 0.5) is 17.1 Å². The van der Waals surface area contributed by atoms with E-state index in [9.17, 15) is 0 Å². The SMILES string of the molecule is CC.CC.Cc1ccc(-c2ccc(C)cc2N(c2ccccc2)c2ccccc2)cc1. The van der Waals surface area contributed by atoms with E-state index in [1.54, 1.807) is 0 Å². The van der Waals surface area contributed by atoms with E-state index in [4.69, 9.17) is 0 Å². The molecule has 0 radical (unpaired) electrons. The summed E-state index contributed by atoms with van der Waals surface area (Å²) in [5.74, 6) is 0. The molecule has 1 nitrogen and oxygen atoms in total. The van der Waals surface area contributed by atoms with Crippen LogP contribution in [0, 0.1) is 13.8 Å². The summed E-state index contributed by atoms with van der Waals surface area (Å²) in [6, 6.07) is 36.6. The number of nitrogens with zero attached hydrogens (tertiary/aromatic N) is 1. The van der Waals surface area contributed by atoms with Gasteiger partial charge in [-0.1, -0.05) is 106 Å². The maximum atomic E-state index is 2.34. The Morgan fingerprint density at radius 1 is 0.484 bits per heavy atom. The molecule has 0 aliphatic heterocycles. The molecule has 31 heavy (non-hydrogen) atoms. The van der Waals surface area contributed by atoms with Gasteiger partial charge in [-0.25, -0.2) is 0 Å². The van der Waals surface area contributed by atoms with Gasteiger partial charge in [0, 0.05) is 16.9 Å². The van der Waals surface area contributed by atoms with Gasteiger partial charge in [0.2, 0.25) is 0 Å². The highest BCUT2D eigenvalue weighted by Gasteiger charge is 2.16. The maximum Gasteiger partial charge on any atom is 0.0542 e. The van der Waals surface area contributed by atoms with Crippen LogP contribution < -0.4 is 4.90 Å². The third-order valence-corrected chi connectivity index (χ3v) is 4.79. The number of rotatable bonds is 4. The van der Waals surface area contributed by atoms with Gasteiger partial charge in [0.25, 0.3) is 0 Å². The molecule has 0 unspecified atom stereocenters. The van der Waals surface area contributed by atoms with Crippen LogP contribution in [0.5, 0.6) is 0 Å². The minimum atomic E-state index is 1.16. The summed E-state index contributed by atoms with van der Waals surface area (Å²) in [6.45, 7) is 12.3. The van der Waals surface area contributed by atoms with Gasteiger partial charge in [-0.3, -0.25) is 0 Å². The van der Waals surface area contributed by atoms with Gasteiger partial charge in [0.1, 0.15) is 0 Å². The van der Waals surface area contributed by atoms with Crippen molar-refractivity contribution in [1.29, 1.82) is 0 Å². The second-order valence-corrected chi connectivity index (χ2v) is 6.89. The molecule has 1 heteroatoms. The molecule has 0 amide bonds. The van der Waals surface area contributed by atoms with Crippen molar-refractivity contribution >= 4 is 17.1 Å². The summed E-state index contributed by atoms with van der Waals surface area (Å²) in [7, 11) is 0. The zero-order chi connectivity index (χ0) is 22.6. The minimum Gasteiger partial charge on any atom is -0.310 e. The van der Waals surface area contributed by atoms with Gasteiger partial charge in [-0.05, 0) is 55.3 Å². The van der Waals surface area contributed by atoms with E-state index in [1.807, 2.05) is 27.7 Å². The summed E-state index contributed by atoms with van der Waals surface area (Å²) in [5.41, 5.74) is 8.48. The van der Waals surface area contributed by atoms with E-state index < -0.39 is 0 Å². The van der Waals surface area contributed by atoms with Crippen LogP contribution in [0.15, 0.2) is 103 Å². The largest absolute Gasteiger partial charge is 0.310 e. The van der Waals surface area contributed by atoms with Gasteiger partial charge < -0.3 is 4.90 Å². The first kappa shape index (κ1) is 24.0. The second-order valence-electron chi connectivity index (χ2n) is 6.89. The number of hydrogen-bond donors (Lipinski definition) is 0. The fourth-order valence-corrected chi connectivity index (χ4v) is 3.39. The van der Waals surface area contributed by atoms with Gasteiger partial charge in [0.05, 0.1) is 5.69 Å². The van der Waals surface area contributed by atoms with E-state index in [1.165, 1.54) is 27.9 Å². The average Bonchev–Trinajstić information content (AvgIpc) is 2.84. The van der Waals surface area contributed by atoms with Crippen LogP contribution in [-0.2, 0) is 0 Å². The Labute approximate surface area is 189 Å². The Morgan fingerprint density at radius 2 is 0.935 bits per heavy atom. The molecule has 160 valence electrons. The van der Waals surface area contributed by atoms with Crippen LogP contribution in [0.25, 0.3) is 11.1 Å². The first-order chi connectivity index (χ1) is 15.2. The molecule has 0 fully saturated rings. The molecule has 0 saturated carbocycles. The number of benzene rings is 4. The van der Waals surface area contributed by atoms with Crippen molar-refractivity contribution in [2.75, 3.05) is 4.90 Å². The van der Waals surface area contributed by atoms with Gasteiger partial charge in [-0.2, -0.15) is 0 Å². The van der Waals surface area contributed by atoms with Crippen LogP contribution in [0.2, 0.25) is 0 Å². The first-order valence-electron chi connectivity index (χ1n) is 11.3. The van der Waals surface area contributed by atoms with E-state index >= 15 is 0 Å². The third kappa shape index (κ3) is 6.08. The molecule has 0 aromatic heterocycles. The van der Waals surface area contributed by atoms with Crippen LogP contribution in [0.3, 0.4) is 0 Å². The number of hydrogen-bond acceptors (Lipinski definition) is 1. The van der Waals surface area contributed by atoms with Crippen molar-refractivity contribution in [2.24, 2.45) is 0 Å². The maximum absolute atomic E-state index is 2.34. The molecule has 4 aromatic carbocycles. The molecule has 0 heterocycles. The number of anilines is 3. The fourth-order valence-electron chi connectivity index (χ4n) is 3.39. The van der Waals surface area contributed by atoms with E-state index in [-0.39, 0.29) is 0 Å². The lowest BCUT2D eigenvalue weighted by Gasteiger charge is -2.28. The van der Waals surface area contributed by atoms with E-state index in [0.29, 0.717) is 0 Å². The topological polar surface area (TPSA) is 3.24 Å². The molecule has 0 N–H and O–H groups in total. The van der Waals surface area contributed by atoms with Crippen LogP contribution in [-0.4, -0.2) is 0 Å². The average molecular weight is 410 g/mol. The smallest absolute Gasteiger partial charge is 0.0542 e. The summed E-state index contributed by atoms with van der Waals surface area (Å²) in [4.78, 5) is 2.34. The standard InChI is InChI=1S/C26H23N.2C2H6/c1-20-13-16-22(17-14-20)25-18-15-21(2)19-26(25)27(23-9-5-3-6-10-23)24-11-7-4-8-12-24;2*1-2/h3-19H,1-2H3;2*1-2H3. The van der Waals surface area contributed by atoms with Gasteiger partial charge >= 0.3 is 0 Å². The number of para-hydroxylation sites is 2. The lowest BCUT2D eigenvalue weighted by molar-refractivity contribution is 1.27. The third-order valence-electron chi connectivity index (χ3n) is 4.79. The fraction of sp³-hybridized carbons (Fsp3) is 0.200. The Kier molecular flexibility index (Phi) is 9.58. The lowest BCUT2D eigenvalue weighted by atomic mass is 9.99. The second kappa shape index (κ2) is 12.4. The van der Waals surface area contributed by atoms with Crippen molar-refractivity contribution in [3.8, 4) is 11.1 Å². The summed E-state index contributed by atoms with van der Waals surface area (Å²) in [5, 5.41) is 0. The Hall–Kier alpha value is -3.32. The van der Waals surface area contributed by atoms with Crippen molar-refractivity contribution in [3.63, 3.8) is 0 Å². The first-order valence-corrected chi connectivity index (χ1v) is 11.3. The number of aryl methyl sites for hydroxylation is 2. The molecular weight excluding hydrogens is 374 g/mol. The molecular formula is C30H35N. The quantitative estimate of drug-likeness (QED) is 0.324. The molecule has 0 aliphatic carbocycles. The van der Waals surface area contributed by atoms with Gasteiger partial charge in [0.15, 0.2) is 0 Å². The highest BCUT2D eigenvalue weighted by atomic mass is 15.1. The molecule has 0 saturated heterocycles. The predicted octanol–water partition coefficient (Wildman–Crippen LogP) is 9.49. The molecule has 4 aromatic rings. The van der Waals surface area contributed by atoms with E-state index in [2.05, 4.69) is 122 Å². The van der Waals surface area contributed by atoms with Crippen molar-refractivity contribution in [2.45, 2.75) is 41.5 Å². The molecule has 0 bridgehead atoms. The molecule has 0 spiro atoms. The highest BCUT2D eigenvalue weighted by molar-refractivity contribution is 5.88. The molecule has 0 atom stereocenters. The minimum absolute atomic E-state index is 1.16. The molecule has 0 aliphatic rings. The Bertz CT molecular complexity index is 979. The Balaban J connectivity index is 0.000000807. The molecule has 4 rings (SSSR count). The zero-order valence-electron chi connectivity index (χ0n) is 19.8. The van der Waals surface area contributed by atoms with Crippen molar-refractivity contribution in [3.05, 3.63) is 114 Å². The Morgan fingerprint density at radius 3 is 1.42 bits per heavy atom. The van der Waals surface area contributed by atoms with Crippen LogP contribution in [0.1, 0.15) is 38.8 Å². The van der Waals surface area contributed by atoms with Crippen molar-refractivity contribution < 1.29 is 0 Å². The van der Waals surface area contributed by atoms with Crippen molar-refractivity contribution in [1.82, 2.24) is 0 Å². The normalized spacial score (nSPS) is 9.61. The lowest BCUT2D eigenvalue weighted by Crippen LogP contribution is -2.11. The van der Waals surface area contributed by atoms with E-state index in [0.717, 1.165) is 11.4 Å². The monoisotopic (exact) mass is 409 g/mol. The summed E-state index contributed by atoms with van der Waals surface area (Å²) in [6.07, 6.45) is 0. The summed E-state index contributed by atoms with van der Waals surface area (Å²) >= 11 is 0. The predicted molar refractivity (Wildman–Crippen MR) is 139 cm³/mol. The van der Waals surface area contributed by atoms with Crippen LogP contribution >= 0.6 is 0 Å².